The fraction of sp³-hybridized carbons (Fsp3) is 0.217. The molecule has 0 radical (unpaired) electrons. The van der Waals surface area contributed by atoms with E-state index in [1.807, 2.05) is 24.3 Å². The van der Waals surface area contributed by atoms with Crippen molar-refractivity contribution in [3.8, 4) is 17.3 Å². The van der Waals surface area contributed by atoms with Crippen LogP contribution in [0.25, 0.3) is 22.3 Å². The molecule has 0 amide bonds. The normalized spacial score (nSPS) is 18.6. The molecular formula is C23H19Cl2N7. The first-order chi connectivity index (χ1) is 15.6. The van der Waals surface area contributed by atoms with E-state index in [-0.39, 0.29) is 17.7 Å². The number of piperidine rings is 1. The SMILES string of the molecule is N#Cc1nc(N2CCC(N)C(c3ccccc3)C2)nc2n[nH]c(-c3cccc(Cl)c3Cl)c12. The lowest BCUT2D eigenvalue weighted by Crippen LogP contribution is -2.46. The zero-order chi connectivity index (χ0) is 22.2. The lowest BCUT2D eigenvalue weighted by Gasteiger charge is -2.37. The van der Waals surface area contributed by atoms with E-state index in [0.29, 0.717) is 51.4 Å². The number of nitriles is 1. The number of nitrogens with one attached hydrogen (secondary N) is 1. The minimum atomic E-state index is 0.0507. The van der Waals surface area contributed by atoms with Crippen LogP contribution in [0, 0.1) is 11.3 Å². The molecule has 0 saturated carbocycles. The van der Waals surface area contributed by atoms with Gasteiger partial charge in [-0.05, 0) is 18.1 Å². The Bertz CT molecular complexity index is 1330. The Hall–Kier alpha value is -3.18. The Balaban J connectivity index is 1.55. The summed E-state index contributed by atoms with van der Waals surface area (Å²) in [7, 11) is 0. The summed E-state index contributed by atoms with van der Waals surface area (Å²) in [5.74, 6) is 0.618. The predicted molar refractivity (Wildman–Crippen MR) is 126 cm³/mol. The second-order valence-electron chi connectivity index (χ2n) is 7.80. The van der Waals surface area contributed by atoms with E-state index in [1.165, 1.54) is 5.56 Å². The van der Waals surface area contributed by atoms with Gasteiger partial charge in [0.15, 0.2) is 11.3 Å². The Morgan fingerprint density at radius 3 is 2.69 bits per heavy atom. The Kier molecular flexibility index (Phi) is 5.43. The van der Waals surface area contributed by atoms with E-state index in [2.05, 4.69) is 43.3 Å². The van der Waals surface area contributed by atoms with Crippen LogP contribution < -0.4 is 10.6 Å². The number of H-pyrrole nitrogens is 1. The van der Waals surface area contributed by atoms with Gasteiger partial charge in [0.2, 0.25) is 5.95 Å². The topological polar surface area (TPSA) is 108 Å². The molecule has 9 heteroatoms. The van der Waals surface area contributed by atoms with Gasteiger partial charge in [0.05, 0.1) is 21.1 Å². The van der Waals surface area contributed by atoms with Crippen LogP contribution in [0.5, 0.6) is 0 Å². The summed E-state index contributed by atoms with van der Waals surface area (Å²) in [6, 6.07) is 17.8. The van der Waals surface area contributed by atoms with Gasteiger partial charge in [-0.25, -0.2) is 4.98 Å². The number of aromatic amines is 1. The van der Waals surface area contributed by atoms with Crippen molar-refractivity contribution in [2.24, 2.45) is 5.73 Å². The molecule has 160 valence electrons. The molecule has 0 spiro atoms. The van der Waals surface area contributed by atoms with Crippen molar-refractivity contribution in [1.82, 2.24) is 20.2 Å². The number of rotatable bonds is 3. The van der Waals surface area contributed by atoms with Gasteiger partial charge in [-0.3, -0.25) is 5.10 Å². The molecule has 32 heavy (non-hydrogen) atoms. The number of nitrogens with two attached hydrogens (primary N) is 1. The third-order valence-corrected chi connectivity index (χ3v) is 6.72. The smallest absolute Gasteiger partial charge is 0.228 e. The number of anilines is 1. The first-order valence-electron chi connectivity index (χ1n) is 10.2. The average molecular weight is 464 g/mol. The van der Waals surface area contributed by atoms with Gasteiger partial charge < -0.3 is 10.6 Å². The molecule has 5 rings (SSSR count). The Morgan fingerprint density at radius 1 is 1.09 bits per heavy atom. The van der Waals surface area contributed by atoms with Crippen molar-refractivity contribution < 1.29 is 0 Å². The molecule has 2 aromatic carbocycles. The first-order valence-corrected chi connectivity index (χ1v) is 11.0. The summed E-state index contributed by atoms with van der Waals surface area (Å²) in [6.07, 6.45) is 0.798. The van der Waals surface area contributed by atoms with Crippen LogP contribution in [0.4, 0.5) is 5.95 Å². The molecule has 4 aromatic rings. The fourth-order valence-electron chi connectivity index (χ4n) is 4.23. The van der Waals surface area contributed by atoms with Crippen molar-refractivity contribution in [1.29, 1.82) is 5.26 Å². The highest BCUT2D eigenvalue weighted by Crippen LogP contribution is 2.37. The van der Waals surface area contributed by atoms with E-state index in [0.717, 1.165) is 6.42 Å². The van der Waals surface area contributed by atoms with E-state index < -0.39 is 0 Å². The third-order valence-electron chi connectivity index (χ3n) is 5.91. The van der Waals surface area contributed by atoms with Crippen molar-refractivity contribution >= 4 is 40.2 Å². The zero-order valence-electron chi connectivity index (χ0n) is 17.0. The van der Waals surface area contributed by atoms with E-state index in [1.54, 1.807) is 12.1 Å². The maximum absolute atomic E-state index is 9.86. The zero-order valence-corrected chi connectivity index (χ0v) is 18.5. The van der Waals surface area contributed by atoms with Crippen molar-refractivity contribution in [2.75, 3.05) is 18.0 Å². The third kappa shape index (κ3) is 3.56. The summed E-state index contributed by atoms with van der Waals surface area (Å²) >= 11 is 12.6. The highest BCUT2D eigenvalue weighted by atomic mass is 35.5. The monoisotopic (exact) mass is 463 g/mol. The molecule has 2 aromatic heterocycles. The van der Waals surface area contributed by atoms with E-state index in [9.17, 15) is 5.26 Å². The highest BCUT2D eigenvalue weighted by Gasteiger charge is 2.30. The molecule has 2 unspecified atom stereocenters. The van der Waals surface area contributed by atoms with Crippen molar-refractivity contribution in [3.05, 3.63) is 69.8 Å². The molecule has 1 aliphatic rings. The minimum Gasteiger partial charge on any atom is -0.340 e. The first kappa shape index (κ1) is 20.7. The maximum Gasteiger partial charge on any atom is 0.228 e. The van der Waals surface area contributed by atoms with Crippen LogP contribution in [0.2, 0.25) is 10.0 Å². The fourth-order valence-corrected chi connectivity index (χ4v) is 4.63. The Labute approximate surface area is 194 Å². The van der Waals surface area contributed by atoms with Gasteiger partial charge in [-0.2, -0.15) is 15.3 Å². The van der Waals surface area contributed by atoms with Crippen LogP contribution in [0.15, 0.2) is 48.5 Å². The van der Waals surface area contributed by atoms with Crippen LogP contribution in [0.1, 0.15) is 23.6 Å². The second-order valence-corrected chi connectivity index (χ2v) is 8.58. The number of benzene rings is 2. The van der Waals surface area contributed by atoms with Crippen molar-refractivity contribution in [3.63, 3.8) is 0 Å². The molecule has 1 saturated heterocycles. The highest BCUT2D eigenvalue weighted by molar-refractivity contribution is 6.43. The summed E-state index contributed by atoms with van der Waals surface area (Å²) in [4.78, 5) is 11.3. The van der Waals surface area contributed by atoms with Crippen molar-refractivity contribution in [2.45, 2.75) is 18.4 Å². The van der Waals surface area contributed by atoms with Gasteiger partial charge >= 0.3 is 0 Å². The molecule has 7 nitrogen and oxygen atoms in total. The molecule has 1 fully saturated rings. The number of nitrogens with zero attached hydrogens (tertiary/aromatic N) is 5. The average Bonchev–Trinajstić information content (AvgIpc) is 3.25. The summed E-state index contributed by atoms with van der Waals surface area (Å²) in [5.41, 5.74) is 9.46. The number of aromatic nitrogens is 4. The number of hydrogen-bond donors (Lipinski definition) is 2. The number of fused-ring (bicyclic) bond motifs is 1. The minimum absolute atomic E-state index is 0.0507. The summed E-state index contributed by atoms with van der Waals surface area (Å²) in [5, 5.41) is 18.5. The molecule has 1 aliphatic heterocycles. The van der Waals surface area contributed by atoms with Gasteiger partial charge in [0.1, 0.15) is 6.07 Å². The largest absolute Gasteiger partial charge is 0.340 e. The summed E-state index contributed by atoms with van der Waals surface area (Å²) in [6.45, 7) is 1.37. The van der Waals surface area contributed by atoms with Gasteiger partial charge in [-0.1, -0.05) is 65.7 Å². The van der Waals surface area contributed by atoms with E-state index in [4.69, 9.17) is 28.9 Å². The van der Waals surface area contributed by atoms with Gasteiger partial charge in [0, 0.05) is 30.6 Å². The quantitative estimate of drug-likeness (QED) is 0.462. The Morgan fingerprint density at radius 2 is 1.91 bits per heavy atom. The van der Waals surface area contributed by atoms with Crippen LogP contribution >= 0.6 is 23.2 Å². The second kappa shape index (κ2) is 8.40. The standard InChI is InChI=1S/C23H19Cl2N7/c24-16-8-4-7-14(20(16)25)21-19-18(11-26)28-23(29-22(19)31-30-21)32-10-9-17(27)15(12-32)13-5-2-1-3-6-13/h1-8,15,17H,9-10,12,27H2,(H,28,29,30,31). The van der Waals surface area contributed by atoms with Gasteiger partial charge in [-0.15, -0.1) is 0 Å². The molecule has 3 heterocycles. The van der Waals surface area contributed by atoms with Crippen LogP contribution in [0.3, 0.4) is 0 Å². The number of hydrogen-bond acceptors (Lipinski definition) is 6. The summed E-state index contributed by atoms with van der Waals surface area (Å²) < 4.78 is 0. The lowest BCUT2D eigenvalue weighted by atomic mass is 9.87. The maximum atomic E-state index is 9.86. The predicted octanol–water partition coefficient (Wildman–Crippen LogP) is 4.52. The number of halogens is 2. The van der Waals surface area contributed by atoms with Gasteiger partial charge in [0.25, 0.3) is 0 Å². The lowest BCUT2D eigenvalue weighted by molar-refractivity contribution is 0.436. The van der Waals surface area contributed by atoms with Crippen LogP contribution in [-0.4, -0.2) is 39.3 Å². The molecule has 3 N–H and O–H groups in total. The molecule has 0 bridgehead atoms. The molecule has 0 aliphatic carbocycles. The molecule has 2 atom stereocenters. The van der Waals surface area contributed by atoms with E-state index >= 15 is 0 Å². The molecular weight excluding hydrogens is 445 g/mol. The van der Waals surface area contributed by atoms with Crippen LogP contribution in [-0.2, 0) is 0 Å².